The molecule has 2 aromatic heterocycles. The zero-order chi connectivity index (χ0) is 28.4. The molecule has 2 aliphatic rings. The molecule has 0 aliphatic carbocycles. The van der Waals surface area contributed by atoms with Crippen LogP contribution in [0, 0.1) is 5.82 Å². The first kappa shape index (κ1) is 27.8. The summed E-state index contributed by atoms with van der Waals surface area (Å²) in [5, 5.41) is 0. The molecule has 1 amide bonds. The van der Waals surface area contributed by atoms with Gasteiger partial charge in [0.15, 0.2) is 5.69 Å². The lowest BCUT2D eigenvalue weighted by atomic mass is 9.85. The Kier molecular flexibility index (Phi) is 7.93. The standard InChI is InChI=1S/C29H36FN5O5/c1-29(2,3)40-28(37)34-10-8-19(9-11-34)24-20(6-5-7-22(24)30)16-23-25(26(36)38-4)32-27-31-17-21(18-35(23)27)33-12-14-39-15-13-33/h5-7,17-19H,8-16H2,1-4H3. The first-order valence-electron chi connectivity index (χ1n) is 13.7. The van der Waals surface area contributed by atoms with Crippen molar-refractivity contribution in [3.8, 4) is 0 Å². The highest BCUT2D eigenvalue weighted by molar-refractivity contribution is 5.89. The summed E-state index contributed by atoms with van der Waals surface area (Å²) in [6, 6.07) is 5.04. The van der Waals surface area contributed by atoms with Crippen LogP contribution in [-0.2, 0) is 20.6 Å². The lowest BCUT2D eigenvalue weighted by Crippen LogP contribution is -2.41. The van der Waals surface area contributed by atoms with Crippen molar-refractivity contribution in [1.29, 1.82) is 0 Å². The normalized spacial score (nSPS) is 16.8. The number of aromatic nitrogens is 3. The number of halogens is 1. The Balaban J connectivity index is 1.45. The van der Waals surface area contributed by atoms with Crippen molar-refractivity contribution in [2.75, 3.05) is 51.4 Å². The summed E-state index contributed by atoms with van der Waals surface area (Å²) in [5.41, 5.74) is 2.43. The maximum atomic E-state index is 15.4. The Labute approximate surface area is 233 Å². The van der Waals surface area contributed by atoms with E-state index in [1.807, 2.05) is 33.0 Å². The first-order chi connectivity index (χ1) is 19.1. The molecule has 3 aromatic rings. The van der Waals surface area contributed by atoms with E-state index in [-0.39, 0.29) is 29.9 Å². The van der Waals surface area contributed by atoms with Gasteiger partial charge in [-0.05, 0) is 56.7 Å². The van der Waals surface area contributed by atoms with E-state index in [1.54, 1.807) is 21.6 Å². The number of methoxy groups -OCH3 is 1. The largest absolute Gasteiger partial charge is 0.464 e. The van der Waals surface area contributed by atoms with Crippen molar-refractivity contribution >= 4 is 23.5 Å². The Morgan fingerprint density at radius 1 is 1.12 bits per heavy atom. The van der Waals surface area contributed by atoms with Crippen molar-refractivity contribution in [2.45, 2.75) is 51.6 Å². The number of benzene rings is 1. The SMILES string of the molecule is COC(=O)c1nc2ncc(N3CCOCC3)cn2c1Cc1cccc(F)c1C1CCN(C(=O)OC(C)(C)C)CC1. The molecule has 0 spiro atoms. The summed E-state index contributed by atoms with van der Waals surface area (Å²) < 4.78 is 33.3. The fraction of sp³-hybridized carbons (Fsp3) is 0.517. The van der Waals surface area contributed by atoms with E-state index in [9.17, 15) is 9.59 Å². The van der Waals surface area contributed by atoms with Gasteiger partial charge in [0.2, 0.25) is 5.78 Å². The number of esters is 1. The summed E-state index contributed by atoms with van der Waals surface area (Å²) in [6.45, 7) is 9.19. The van der Waals surface area contributed by atoms with Crippen LogP contribution in [0.4, 0.5) is 14.9 Å². The van der Waals surface area contributed by atoms with E-state index in [4.69, 9.17) is 14.2 Å². The van der Waals surface area contributed by atoms with Crippen molar-refractivity contribution in [3.63, 3.8) is 0 Å². The Hall–Kier alpha value is -3.73. The minimum atomic E-state index is -0.575. The number of rotatable bonds is 5. The lowest BCUT2D eigenvalue weighted by molar-refractivity contribution is 0.0204. The molecule has 4 heterocycles. The summed E-state index contributed by atoms with van der Waals surface area (Å²) in [5.74, 6) is -0.584. The number of likely N-dealkylation sites (tertiary alicyclic amines) is 1. The predicted octanol–water partition coefficient (Wildman–Crippen LogP) is 4.20. The Morgan fingerprint density at radius 2 is 1.85 bits per heavy atom. The van der Waals surface area contributed by atoms with Gasteiger partial charge >= 0.3 is 12.1 Å². The van der Waals surface area contributed by atoms with Crippen LogP contribution >= 0.6 is 0 Å². The number of ether oxygens (including phenoxy) is 3. The van der Waals surface area contributed by atoms with Crippen LogP contribution in [0.1, 0.15) is 66.8 Å². The van der Waals surface area contributed by atoms with E-state index < -0.39 is 11.6 Å². The van der Waals surface area contributed by atoms with Gasteiger partial charge in [-0.1, -0.05) is 12.1 Å². The third-order valence-electron chi connectivity index (χ3n) is 7.38. The first-order valence-corrected chi connectivity index (χ1v) is 13.7. The average molecular weight is 554 g/mol. The molecule has 0 N–H and O–H groups in total. The Bertz CT molecular complexity index is 1390. The van der Waals surface area contributed by atoms with Crippen LogP contribution in [-0.4, -0.2) is 83.4 Å². The molecule has 0 bridgehead atoms. The molecule has 5 rings (SSSR count). The van der Waals surface area contributed by atoms with Gasteiger partial charge in [0.05, 0.1) is 37.9 Å². The van der Waals surface area contributed by atoms with Crippen molar-refractivity contribution in [3.05, 3.63) is 58.9 Å². The van der Waals surface area contributed by atoms with Crippen molar-refractivity contribution < 1.29 is 28.2 Å². The molecule has 0 unspecified atom stereocenters. The smallest absolute Gasteiger partial charge is 0.410 e. The molecule has 214 valence electrons. The number of anilines is 1. The second-order valence-electron chi connectivity index (χ2n) is 11.2. The number of piperidine rings is 1. The van der Waals surface area contributed by atoms with Gasteiger partial charge in [-0.25, -0.2) is 23.9 Å². The van der Waals surface area contributed by atoms with Gasteiger partial charge in [0.1, 0.15) is 11.4 Å². The van der Waals surface area contributed by atoms with Crippen LogP contribution in [0.3, 0.4) is 0 Å². The summed E-state index contributed by atoms with van der Waals surface area (Å²) >= 11 is 0. The van der Waals surface area contributed by atoms with Crippen LogP contribution in [0.2, 0.25) is 0 Å². The quantitative estimate of drug-likeness (QED) is 0.434. The zero-order valence-electron chi connectivity index (χ0n) is 23.5. The van der Waals surface area contributed by atoms with Crippen molar-refractivity contribution in [2.24, 2.45) is 0 Å². The minimum Gasteiger partial charge on any atom is -0.464 e. The maximum Gasteiger partial charge on any atom is 0.410 e. The molecule has 2 aliphatic heterocycles. The molecule has 2 fully saturated rings. The van der Waals surface area contributed by atoms with Crippen molar-refractivity contribution in [1.82, 2.24) is 19.3 Å². The molecular weight excluding hydrogens is 517 g/mol. The second kappa shape index (κ2) is 11.4. The van der Waals surface area contributed by atoms with Crippen LogP contribution < -0.4 is 4.90 Å². The van der Waals surface area contributed by atoms with Gasteiger partial charge in [0.25, 0.3) is 0 Å². The number of carbonyl (C=O) groups excluding carboxylic acids is 2. The summed E-state index contributed by atoms with van der Waals surface area (Å²) in [7, 11) is 1.31. The third kappa shape index (κ3) is 5.89. The van der Waals surface area contributed by atoms with Gasteiger partial charge in [-0.3, -0.25) is 4.40 Å². The van der Waals surface area contributed by atoms with Gasteiger partial charge in [0, 0.05) is 38.8 Å². The molecule has 1 aromatic carbocycles. The fourth-order valence-electron chi connectivity index (χ4n) is 5.43. The predicted molar refractivity (Wildman–Crippen MR) is 146 cm³/mol. The number of morpholine rings is 1. The molecule has 0 saturated carbocycles. The number of carbonyl (C=O) groups is 2. The third-order valence-corrected chi connectivity index (χ3v) is 7.38. The second-order valence-corrected chi connectivity index (χ2v) is 11.2. The topological polar surface area (TPSA) is 98.5 Å². The fourth-order valence-corrected chi connectivity index (χ4v) is 5.43. The molecule has 2 saturated heterocycles. The van der Waals surface area contributed by atoms with E-state index in [2.05, 4.69) is 14.9 Å². The molecule has 40 heavy (non-hydrogen) atoms. The van der Waals surface area contributed by atoms with Crippen LogP contribution in [0.5, 0.6) is 0 Å². The highest BCUT2D eigenvalue weighted by Crippen LogP contribution is 2.34. The van der Waals surface area contributed by atoms with E-state index in [0.717, 1.165) is 24.3 Å². The van der Waals surface area contributed by atoms with Gasteiger partial charge in [-0.2, -0.15) is 0 Å². The number of hydrogen-bond acceptors (Lipinski definition) is 8. The lowest BCUT2D eigenvalue weighted by Gasteiger charge is -2.34. The summed E-state index contributed by atoms with van der Waals surface area (Å²) in [4.78, 5) is 38.2. The highest BCUT2D eigenvalue weighted by Gasteiger charge is 2.31. The average Bonchev–Trinajstić information content (AvgIpc) is 3.30. The van der Waals surface area contributed by atoms with Gasteiger partial charge < -0.3 is 24.0 Å². The maximum absolute atomic E-state index is 15.4. The molecule has 0 radical (unpaired) electrons. The molecule has 0 atom stereocenters. The van der Waals surface area contributed by atoms with Crippen LogP contribution in [0.15, 0.2) is 30.6 Å². The number of fused-ring (bicyclic) bond motifs is 1. The monoisotopic (exact) mass is 553 g/mol. The van der Waals surface area contributed by atoms with E-state index >= 15 is 4.39 Å². The van der Waals surface area contributed by atoms with Crippen LogP contribution in [0.25, 0.3) is 5.78 Å². The number of nitrogens with zero attached hydrogens (tertiary/aromatic N) is 5. The number of hydrogen-bond donors (Lipinski definition) is 0. The molecule has 10 nitrogen and oxygen atoms in total. The van der Waals surface area contributed by atoms with E-state index in [1.165, 1.54) is 13.2 Å². The van der Waals surface area contributed by atoms with Gasteiger partial charge in [-0.15, -0.1) is 0 Å². The van der Waals surface area contributed by atoms with E-state index in [0.29, 0.717) is 56.2 Å². The molecular formula is C29H36FN5O5. The summed E-state index contributed by atoms with van der Waals surface area (Å²) in [6.07, 6.45) is 4.78. The number of amides is 1. The Morgan fingerprint density at radius 3 is 2.52 bits per heavy atom. The highest BCUT2D eigenvalue weighted by atomic mass is 19.1. The molecule has 11 heteroatoms. The minimum absolute atomic E-state index is 0.0855. The number of imidazole rings is 1. The zero-order valence-corrected chi connectivity index (χ0v) is 23.5.